The van der Waals surface area contributed by atoms with E-state index in [0.717, 1.165) is 0 Å². The molecule has 1 amide bonds. The predicted octanol–water partition coefficient (Wildman–Crippen LogP) is 1.65. The topological polar surface area (TPSA) is 111 Å². The van der Waals surface area contributed by atoms with E-state index in [1.807, 2.05) is 0 Å². The number of benzene rings is 1. The normalized spacial score (nSPS) is 10.3. The average Bonchev–Trinajstić information content (AvgIpc) is 3.08. The molecule has 3 aromatic rings. The first-order valence-corrected chi connectivity index (χ1v) is 6.93. The zero-order valence-electron chi connectivity index (χ0n) is 11.8. The summed E-state index contributed by atoms with van der Waals surface area (Å²) < 4.78 is 1.64. The number of imidazole rings is 1. The number of carbonyl (C=O) groups is 1. The molecule has 0 aliphatic rings. The van der Waals surface area contributed by atoms with E-state index >= 15 is 0 Å². The van der Waals surface area contributed by atoms with E-state index in [0.29, 0.717) is 16.4 Å². The highest BCUT2D eigenvalue weighted by atomic mass is 35.5. The Balaban J connectivity index is 1.76. The summed E-state index contributed by atoms with van der Waals surface area (Å²) in [5.74, 6) is 0.366. The largest absolute Gasteiger partial charge is 0.393 e. The van der Waals surface area contributed by atoms with Gasteiger partial charge >= 0.3 is 0 Å². The van der Waals surface area contributed by atoms with Gasteiger partial charge in [0.1, 0.15) is 18.3 Å². The number of rotatable bonds is 4. The molecular formula is C14H12ClN7O. The van der Waals surface area contributed by atoms with E-state index in [-0.39, 0.29) is 17.4 Å². The lowest BCUT2D eigenvalue weighted by atomic mass is 10.2. The van der Waals surface area contributed by atoms with Gasteiger partial charge in [0.25, 0.3) is 5.91 Å². The van der Waals surface area contributed by atoms with Gasteiger partial charge in [-0.25, -0.2) is 15.0 Å². The highest BCUT2D eigenvalue weighted by Crippen LogP contribution is 2.20. The number of carbonyl (C=O) groups excluding carboxylic acids is 1. The average molecular weight is 330 g/mol. The Morgan fingerprint density at radius 2 is 2.17 bits per heavy atom. The summed E-state index contributed by atoms with van der Waals surface area (Å²) in [5, 5.41) is 0.474. The molecule has 0 radical (unpaired) electrons. The van der Waals surface area contributed by atoms with Gasteiger partial charge in [0.2, 0.25) is 0 Å². The number of anilines is 2. The number of hydrazine groups is 1. The molecule has 0 bridgehead atoms. The third-order valence-electron chi connectivity index (χ3n) is 2.99. The van der Waals surface area contributed by atoms with Crippen molar-refractivity contribution in [3.05, 3.63) is 59.9 Å². The van der Waals surface area contributed by atoms with Crippen LogP contribution in [0.15, 0.2) is 49.3 Å². The SMILES string of the molecule is Nc1c(NNC(=O)c2cccc(Cl)c2)ncnc1-n1ccnc1. The monoisotopic (exact) mass is 329 g/mol. The van der Waals surface area contributed by atoms with Gasteiger partial charge < -0.3 is 5.73 Å². The molecule has 0 atom stereocenters. The lowest BCUT2D eigenvalue weighted by Crippen LogP contribution is -2.30. The van der Waals surface area contributed by atoms with Gasteiger partial charge in [-0.1, -0.05) is 17.7 Å². The Morgan fingerprint density at radius 1 is 1.30 bits per heavy atom. The Bertz CT molecular complexity index is 835. The lowest BCUT2D eigenvalue weighted by molar-refractivity contribution is 0.0962. The van der Waals surface area contributed by atoms with Crippen molar-refractivity contribution in [3.63, 3.8) is 0 Å². The molecule has 0 aliphatic carbocycles. The number of nitrogen functional groups attached to an aromatic ring is 1. The van der Waals surface area contributed by atoms with Gasteiger partial charge in [0.15, 0.2) is 11.6 Å². The second kappa shape index (κ2) is 6.32. The van der Waals surface area contributed by atoms with E-state index < -0.39 is 0 Å². The number of aromatic nitrogens is 4. The number of nitrogens with zero attached hydrogens (tertiary/aromatic N) is 4. The maximum absolute atomic E-state index is 12.1. The van der Waals surface area contributed by atoms with Crippen LogP contribution in [0.25, 0.3) is 5.82 Å². The van der Waals surface area contributed by atoms with E-state index in [4.69, 9.17) is 17.3 Å². The minimum atomic E-state index is -0.366. The van der Waals surface area contributed by atoms with Crippen molar-refractivity contribution in [2.75, 3.05) is 11.2 Å². The molecule has 0 unspecified atom stereocenters. The molecule has 23 heavy (non-hydrogen) atoms. The number of nitrogens with one attached hydrogen (secondary N) is 2. The van der Waals surface area contributed by atoms with Crippen LogP contribution in [-0.2, 0) is 0 Å². The molecule has 0 saturated heterocycles. The zero-order valence-corrected chi connectivity index (χ0v) is 12.5. The number of nitrogens with two attached hydrogens (primary N) is 1. The number of halogens is 1. The zero-order chi connectivity index (χ0) is 16.2. The van der Waals surface area contributed by atoms with Crippen LogP contribution in [0, 0.1) is 0 Å². The van der Waals surface area contributed by atoms with Crippen molar-refractivity contribution in [3.8, 4) is 5.82 Å². The molecule has 116 valence electrons. The van der Waals surface area contributed by atoms with Crippen molar-refractivity contribution >= 4 is 29.0 Å². The van der Waals surface area contributed by atoms with Crippen LogP contribution in [0.2, 0.25) is 5.02 Å². The Morgan fingerprint density at radius 3 is 2.91 bits per heavy atom. The lowest BCUT2D eigenvalue weighted by Gasteiger charge is -2.12. The molecular weight excluding hydrogens is 318 g/mol. The van der Waals surface area contributed by atoms with E-state index in [1.165, 1.54) is 6.33 Å². The molecule has 8 nitrogen and oxygen atoms in total. The summed E-state index contributed by atoms with van der Waals surface area (Å²) >= 11 is 5.86. The van der Waals surface area contributed by atoms with Crippen molar-refractivity contribution in [2.45, 2.75) is 0 Å². The molecule has 0 aliphatic heterocycles. The fourth-order valence-corrected chi connectivity index (χ4v) is 2.08. The van der Waals surface area contributed by atoms with Gasteiger partial charge in [0, 0.05) is 23.0 Å². The highest BCUT2D eigenvalue weighted by molar-refractivity contribution is 6.30. The third-order valence-corrected chi connectivity index (χ3v) is 3.23. The van der Waals surface area contributed by atoms with E-state index in [2.05, 4.69) is 25.8 Å². The molecule has 0 saturated carbocycles. The first kappa shape index (κ1) is 14.8. The highest BCUT2D eigenvalue weighted by Gasteiger charge is 2.11. The first-order valence-electron chi connectivity index (χ1n) is 6.56. The minimum absolute atomic E-state index is 0.275. The van der Waals surface area contributed by atoms with Gasteiger partial charge in [-0.3, -0.25) is 20.2 Å². The van der Waals surface area contributed by atoms with Crippen molar-refractivity contribution in [1.29, 1.82) is 0 Å². The molecule has 9 heteroatoms. The van der Waals surface area contributed by atoms with Crippen LogP contribution < -0.4 is 16.6 Å². The van der Waals surface area contributed by atoms with Gasteiger partial charge in [-0.05, 0) is 18.2 Å². The molecule has 2 aromatic heterocycles. The number of amides is 1. The van der Waals surface area contributed by atoms with Gasteiger partial charge in [0.05, 0.1) is 0 Å². The molecule has 0 spiro atoms. The summed E-state index contributed by atoms with van der Waals surface area (Å²) in [6, 6.07) is 6.57. The Hall–Kier alpha value is -3.13. The van der Waals surface area contributed by atoms with Crippen LogP contribution >= 0.6 is 11.6 Å². The molecule has 0 fully saturated rings. The standard InChI is InChI=1S/C14H12ClN7O/c15-10-3-1-2-9(6-10)14(23)21-20-12-11(16)13(19-7-18-12)22-5-4-17-8-22/h1-8H,16H2,(H,21,23)(H,18,19,20). The molecule has 2 heterocycles. The smallest absolute Gasteiger partial charge is 0.269 e. The Labute approximate surface area is 136 Å². The van der Waals surface area contributed by atoms with Crippen molar-refractivity contribution < 1.29 is 4.79 Å². The molecule has 3 rings (SSSR count). The quantitative estimate of drug-likeness (QED) is 0.628. The Kier molecular flexibility index (Phi) is 4.07. The van der Waals surface area contributed by atoms with Crippen LogP contribution in [0.3, 0.4) is 0 Å². The van der Waals surface area contributed by atoms with Crippen molar-refractivity contribution in [1.82, 2.24) is 24.9 Å². The maximum atomic E-state index is 12.1. The fraction of sp³-hybridized carbons (Fsp3) is 0. The summed E-state index contributed by atoms with van der Waals surface area (Å²) in [6.07, 6.45) is 6.20. The number of hydrogen-bond acceptors (Lipinski definition) is 6. The molecule has 1 aromatic carbocycles. The van der Waals surface area contributed by atoms with Gasteiger partial charge in [-0.15, -0.1) is 0 Å². The van der Waals surface area contributed by atoms with Gasteiger partial charge in [-0.2, -0.15) is 0 Å². The molecule has 4 N–H and O–H groups in total. The van der Waals surface area contributed by atoms with Crippen LogP contribution in [-0.4, -0.2) is 25.4 Å². The third kappa shape index (κ3) is 3.22. The second-order valence-electron chi connectivity index (χ2n) is 4.52. The van der Waals surface area contributed by atoms with Crippen molar-refractivity contribution in [2.24, 2.45) is 0 Å². The fourth-order valence-electron chi connectivity index (χ4n) is 1.89. The van der Waals surface area contributed by atoms with Crippen LogP contribution in [0.4, 0.5) is 11.5 Å². The summed E-state index contributed by atoms with van der Waals surface area (Å²) in [7, 11) is 0. The second-order valence-corrected chi connectivity index (χ2v) is 4.96. The summed E-state index contributed by atoms with van der Waals surface area (Å²) in [6.45, 7) is 0. The minimum Gasteiger partial charge on any atom is -0.393 e. The van der Waals surface area contributed by atoms with E-state index in [9.17, 15) is 4.79 Å². The van der Waals surface area contributed by atoms with Crippen LogP contribution in [0.5, 0.6) is 0 Å². The first-order chi connectivity index (χ1) is 11.1. The number of hydrogen-bond donors (Lipinski definition) is 3. The summed E-state index contributed by atoms with van der Waals surface area (Å²) in [5.41, 5.74) is 11.9. The maximum Gasteiger partial charge on any atom is 0.269 e. The van der Waals surface area contributed by atoms with Crippen LogP contribution in [0.1, 0.15) is 10.4 Å². The predicted molar refractivity (Wildman–Crippen MR) is 86.1 cm³/mol. The summed E-state index contributed by atoms with van der Waals surface area (Å²) in [4.78, 5) is 24.1. The van der Waals surface area contributed by atoms with E-state index in [1.54, 1.807) is 47.6 Å².